The maximum absolute atomic E-state index is 11.1. The number of hydrogen-bond acceptors (Lipinski definition) is 4. The Labute approximate surface area is 87.9 Å². The Morgan fingerprint density at radius 1 is 1.33 bits per heavy atom. The van der Waals surface area contributed by atoms with Gasteiger partial charge in [-0.1, -0.05) is 17.7 Å². The molecule has 0 aromatic heterocycles. The van der Waals surface area contributed by atoms with Crippen molar-refractivity contribution in [2.24, 2.45) is 5.10 Å². The summed E-state index contributed by atoms with van der Waals surface area (Å²) in [5, 5.41) is 4.00. The SMILES string of the molecule is Cc1ccc(N/N=C2\CCOC2=O)cc1. The number of hydrazone groups is 1. The number of aryl methyl sites for hydroxylation is 1. The molecule has 0 atom stereocenters. The molecule has 0 aliphatic carbocycles. The summed E-state index contributed by atoms with van der Waals surface area (Å²) in [7, 11) is 0. The van der Waals surface area contributed by atoms with Crippen LogP contribution in [0.15, 0.2) is 29.4 Å². The number of hydrogen-bond donors (Lipinski definition) is 1. The number of carbonyl (C=O) groups is 1. The zero-order valence-electron chi connectivity index (χ0n) is 8.49. The molecule has 1 aromatic rings. The van der Waals surface area contributed by atoms with E-state index in [1.807, 2.05) is 31.2 Å². The number of anilines is 1. The van der Waals surface area contributed by atoms with E-state index in [4.69, 9.17) is 4.74 Å². The molecule has 1 aliphatic heterocycles. The monoisotopic (exact) mass is 204 g/mol. The molecular formula is C11H12N2O2. The van der Waals surface area contributed by atoms with E-state index in [1.54, 1.807) is 0 Å². The topological polar surface area (TPSA) is 50.7 Å². The minimum absolute atomic E-state index is 0.324. The van der Waals surface area contributed by atoms with Crippen LogP contribution in [0.25, 0.3) is 0 Å². The minimum atomic E-state index is -0.324. The average molecular weight is 204 g/mol. The molecule has 2 rings (SSSR count). The van der Waals surface area contributed by atoms with Crippen LogP contribution in [0.2, 0.25) is 0 Å². The quantitative estimate of drug-likeness (QED) is 0.589. The predicted octanol–water partition coefficient (Wildman–Crippen LogP) is 1.71. The highest BCUT2D eigenvalue weighted by molar-refractivity contribution is 6.38. The summed E-state index contributed by atoms with van der Waals surface area (Å²) in [5.41, 5.74) is 5.34. The van der Waals surface area contributed by atoms with Gasteiger partial charge in [-0.2, -0.15) is 5.10 Å². The molecule has 78 valence electrons. The molecule has 1 heterocycles. The van der Waals surface area contributed by atoms with E-state index in [2.05, 4.69) is 10.5 Å². The highest BCUT2D eigenvalue weighted by Gasteiger charge is 2.20. The van der Waals surface area contributed by atoms with E-state index in [1.165, 1.54) is 5.56 Å². The van der Waals surface area contributed by atoms with Gasteiger partial charge in [0.1, 0.15) is 5.71 Å². The number of carbonyl (C=O) groups excluding carboxylic acids is 1. The standard InChI is InChI=1S/C11H12N2O2/c1-8-2-4-9(5-3-8)12-13-10-6-7-15-11(10)14/h2-5,12H,6-7H2,1H3/b13-10+. The fourth-order valence-corrected chi connectivity index (χ4v) is 1.29. The summed E-state index contributed by atoms with van der Waals surface area (Å²) in [5.74, 6) is -0.324. The van der Waals surface area contributed by atoms with Crippen LogP contribution in [-0.2, 0) is 9.53 Å². The van der Waals surface area contributed by atoms with Gasteiger partial charge in [-0.25, -0.2) is 4.79 Å². The number of nitrogens with zero attached hydrogens (tertiary/aromatic N) is 1. The first-order valence-corrected chi connectivity index (χ1v) is 4.82. The van der Waals surface area contributed by atoms with E-state index in [9.17, 15) is 4.79 Å². The Morgan fingerprint density at radius 2 is 2.07 bits per heavy atom. The second-order valence-electron chi connectivity index (χ2n) is 3.42. The van der Waals surface area contributed by atoms with E-state index in [0.29, 0.717) is 18.7 Å². The van der Waals surface area contributed by atoms with Crippen LogP contribution >= 0.6 is 0 Å². The van der Waals surface area contributed by atoms with Gasteiger partial charge in [0, 0.05) is 6.42 Å². The van der Waals surface area contributed by atoms with E-state index < -0.39 is 0 Å². The molecule has 4 nitrogen and oxygen atoms in total. The van der Waals surface area contributed by atoms with Crippen molar-refractivity contribution in [3.05, 3.63) is 29.8 Å². The molecule has 4 heteroatoms. The van der Waals surface area contributed by atoms with Gasteiger partial charge in [-0.05, 0) is 19.1 Å². The second-order valence-corrected chi connectivity index (χ2v) is 3.42. The lowest BCUT2D eigenvalue weighted by molar-refractivity contribution is -0.132. The summed E-state index contributed by atoms with van der Waals surface area (Å²) in [6, 6.07) is 7.80. The molecule has 0 saturated carbocycles. The summed E-state index contributed by atoms with van der Waals surface area (Å²) < 4.78 is 4.76. The molecule has 0 amide bonds. The normalized spacial score (nSPS) is 17.9. The van der Waals surface area contributed by atoms with Crippen LogP contribution in [0, 0.1) is 6.92 Å². The van der Waals surface area contributed by atoms with Crippen molar-refractivity contribution in [1.29, 1.82) is 0 Å². The highest BCUT2D eigenvalue weighted by atomic mass is 16.5. The molecule has 0 unspecified atom stereocenters. The molecule has 1 fully saturated rings. The maximum atomic E-state index is 11.1. The van der Waals surface area contributed by atoms with Crippen LogP contribution in [0.4, 0.5) is 5.69 Å². The van der Waals surface area contributed by atoms with Gasteiger partial charge in [0.25, 0.3) is 0 Å². The van der Waals surface area contributed by atoms with Crippen LogP contribution in [-0.4, -0.2) is 18.3 Å². The zero-order chi connectivity index (χ0) is 10.7. The predicted molar refractivity (Wildman–Crippen MR) is 57.8 cm³/mol. The lowest BCUT2D eigenvalue weighted by Gasteiger charge is -2.00. The number of ether oxygens (including phenoxy) is 1. The molecule has 1 aliphatic rings. The lowest BCUT2D eigenvalue weighted by Crippen LogP contribution is -2.08. The number of rotatable bonds is 2. The van der Waals surface area contributed by atoms with Crippen molar-refractivity contribution in [2.45, 2.75) is 13.3 Å². The van der Waals surface area contributed by atoms with Crippen molar-refractivity contribution in [3.63, 3.8) is 0 Å². The molecular weight excluding hydrogens is 192 g/mol. The van der Waals surface area contributed by atoms with Gasteiger partial charge in [-0.3, -0.25) is 5.43 Å². The maximum Gasteiger partial charge on any atom is 0.354 e. The molecule has 1 saturated heterocycles. The number of esters is 1. The first-order chi connectivity index (χ1) is 7.25. The number of benzene rings is 1. The Kier molecular flexibility index (Phi) is 2.67. The zero-order valence-corrected chi connectivity index (χ0v) is 8.49. The summed E-state index contributed by atoms with van der Waals surface area (Å²) in [4.78, 5) is 11.1. The average Bonchev–Trinajstić information content (AvgIpc) is 2.63. The highest BCUT2D eigenvalue weighted by Crippen LogP contribution is 2.09. The molecule has 0 radical (unpaired) electrons. The summed E-state index contributed by atoms with van der Waals surface area (Å²) in [6.45, 7) is 2.46. The molecule has 15 heavy (non-hydrogen) atoms. The third kappa shape index (κ3) is 2.34. The molecule has 0 spiro atoms. The largest absolute Gasteiger partial charge is 0.461 e. The second kappa shape index (κ2) is 4.13. The summed E-state index contributed by atoms with van der Waals surface area (Å²) in [6.07, 6.45) is 0.581. The van der Waals surface area contributed by atoms with E-state index in [-0.39, 0.29) is 5.97 Å². The van der Waals surface area contributed by atoms with Crippen LogP contribution in [0.5, 0.6) is 0 Å². The first kappa shape index (κ1) is 9.71. The fraction of sp³-hybridized carbons (Fsp3) is 0.273. The van der Waals surface area contributed by atoms with Gasteiger partial charge in [-0.15, -0.1) is 0 Å². The Morgan fingerprint density at radius 3 is 2.67 bits per heavy atom. The summed E-state index contributed by atoms with van der Waals surface area (Å²) >= 11 is 0. The number of nitrogens with one attached hydrogen (secondary N) is 1. The Hall–Kier alpha value is -1.84. The van der Waals surface area contributed by atoms with Crippen molar-refractivity contribution in [1.82, 2.24) is 0 Å². The lowest BCUT2D eigenvalue weighted by atomic mass is 10.2. The van der Waals surface area contributed by atoms with Gasteiger partial charge in [0.15, 0.2) is 0 Å². The molecule has 1 aromatic carbocycles. The van der Waals surface area contributed by atoms with Crippen LogP contribution in [0.3, 0.4) is 0 Å². The smallest absolute Gasteiger partial charge is 0.354 e. The minimum Gasteiger partial charge on any atom is -0.461 e. The van der Waals surface area contributed by atoms with Crippen molar-refractivity contribution >= 4 is 17.4 Å². The Balaban J connectivity index is 2.03. The van der Waals surface area contributed by atoms with Crippen molar-refractivity contribution in [2.75, 3.05) is 12.0 Å². The van der Waals surface area contributed by atoms with Crippen LogP contribution < -0.4 is 5.43 Å². The van der Waals surface area contributed by atoms with Gasteiger partial charge in [0.05, 0.1) is 12.3 Å². The van der Waals surface area contributed by atoms with Crippen LogP contribution in [0.1, 0.15) is 12.0 Å². The third-order valence-electron chi connectivity index (χ3n) is 2.18. The van der Waals surface area contributed by atoms with Gasteiger partial charge >= 0.3 is 5.97 Å². The Bertz CT molecular complexity index is 396. The molecule has 0 bridgehead atoms. The third-order valence-corrected chi connectivity index (χ3v) is 2.18. The van der Waals surface area contributed by atoms with E-state index in [0.717, 1.165) is 5.69 Å². The van der Waals surface area contributed by atoms with Crippen molar-refractivity contribution in [3.8, 4) is 0 Å². The van der Waals surface area contributed by atoms with Gasteiger partial charge in [0.2, 0.25) is 0 Å². The molecule has 1 N–H and O–H groups in total. The first-order valence-electron chi connectivity index (χ1n) is 4.82. The van der Waals surface area contributed by atoms with Gasteiger partial charge < -0.3 is 4.74 Å². The number of cyclic esters (lactones) is 1. The fourth-order valence-electron chi connectivity index (χ4n) is 1.29. The van der Waals surface area contributed by atoms with Crippen molar-refractivity contribution < 1.29 is 9.53 Å². The van der Waals surface area contributed by atoms with E-state index >= 15 is 0 Å².